The van der Waals surface area contributed by atoms with E-state index >= 15 is 0 Å². The third-order valence-corrected chi connectivity index (χ3v) is 9.64. The monoisotopic (exact) mass is 596 g/mol. The largest absolute Gasteiger partial charge is 0.309 e. The summed E-state index contributed by atoms with van der Waals surface area (Å²) in [5.41, 5.74) is 12.6. The van der Waals surface area contributed by atoms with E-state index in [1.807, 2.05) is 0 Å². The Kier molecular flexibility index (Phi) is 6.31. The van der Waals surface area contributed by atoms with E-state index in [9.17, 15) is 0 Å². The van der Waals surface area contributed by atoms with Crippen LogP contribution in [0.5, 0.6) is 0 Å². The molecule has 46 heavy (non-hydrogen) atoms. The summed E-state index contributed by atoms with van der Waals surface area (Å²) < 4.78 is 4.86. The van der Waals surface area contributed by atoms with Gasteiger partial charge in [-0.15, -0.1) is 0 Å². The fourth-order valence-corrected chi connectivity index (χ4v) is 7.08. The highest BCUT2D eigenvalue weighted by molar-refractivity contribution is 6.12. The van der Waals surface area contributed by atoms with Gasteiger partial charge in [0.2, 0.25) is 0 Å². The molecule has 0 amide bonds. The van der Waals surface area contributed by atoms with Gasteiger partial charge in [-0.05, 0) is 81.6 Å². The van der Waals surface area contributed by atoms with Crippen molar-refractivity contribution < 1.29 is 0 Å². The summed E-state index contributed by atoms with van der Waals surface area (Å²) in [5, 5.41) is 5.10. The molecule has 0 aliphatic heterocycles. The minimum Gasteiger partial charge on any atom is -0.309 e. The Morgan fingerprint density at radius 2 is 0.826 bits per heavy atom. The third kappa shape index (κ3) is 4.55. The summed E-state index contributed by atoms with van der Waals surface area (Å²) in [7, 11) is 0. The fourth-order valence-electron chi connectivity index (χ4n) is 7.08. The second-order valence-electron chi connectivity index (χ2n) is 14.8. The highest BCUT2D eigenvalue weighted by Gasteiger charge is 2.19. The first-order valence-electron chi connectivity index (χ1n) is 16.4. The molecule has 0 atom stereocenters. The Morgan fingerprint density at radius 3 is 1.35 bits per heavy atom. The molecule has 2 aromatic heterocycles. The van der Waals surface area contributed by atoms with Gasteiger partial charge >= 0.3 is 0 Å². The van der Waals surface area contributed by atoms with Crippen molar-refractivity contribution in [2.45, 2.75) is 52.4 Å². The Hall–Kier alpha value is -5.08. The van der Waals surface area contributed by atoms with Gasteiger partial charge in [-0.1, -0.05) is 126 Å². The first kappa shape index (κ1) is 28.4. The Bertz CT molecular complexity index is 2420. The van der Waals surface area contributed by atoms with E-state index in [0.29, 0.717) is 0 Å². The lowest BCUT2D eigenvalue weighted by Crippen LogP contribution is -2.11. The van der Waals surface area contributed by atoms with Crippen LogP contribution in [0, 0.1) is 0 Å². The van der Waals surface area contributed by atoms with Gasteiger partial charge in [0.25, 0.3) is 0 Å². The van der Waals surface area contributed by atoms with Gasteiger partial charge in [0.15, 0.2) is 0 Å². The molecule has 2 heteroatoms. The van der Waals surface area contributed by atoms with Crippen molar-refractivity contribution in [3.63, 3.8) is 0 Å². The van der Waals surface area contributed by atoms with E-state index in [2.05, 4.69) is 184 Å². The van der Waals surface area contributed by atoms with Crippen LogP contribution in [0.15, 0.2) is 133 Å². The molecule has 0 unspecified atom stereocenters. The van der Waals surface area contributed by atoms with Gasteiger partial charge in [-0.2, -0.15) is 0 Å². The van der Waals surface area contributed by atoms with E-state index in [-0.39, 0.29) is 10.8 Å². The number of hydrogen-bond acceptors (Lipinski definition) is 0. The molecule has 226 valence electrons. The Labute approximate surface area is 271 Å². The van der Waals surface area contributed by atoms with Crippen LogP contribution < -0.4 is 0 Å². The standard InChI is InChI=1S/C44H40N2/c1-43(2,3)31-20-22-33(23-21-31)45-39-16-9-7-14-35(39)37-24-18-29(26-41(37)45)30-19-25-38-36-15-8-10-17-40(36)46(42(38)27-30)34-13-11-12-32(28-34)44(4,5)6/h7-28H,1-6H3. The summed E-state index contributed by atoms with van der Waals surface area (Å²) in [4.78, 5) is 0. The number of rotatable bonds is 3. The molecular formula is C44H40N2. The minimum absolute atomic E-state index is 0.0703. The Balaban J connectivity index is 1.34. The second kappa shape index (κ2) is 10.2. The maximum absolute atomic E-state index is 2.44. The van der Waals surface area contributed by atoms with E-state index < -0.39 is 0 Å². The molecule has 0 radical (unpaired) electrons. The molecule has 0 aliphatic carbocycles. The van der Waals surface area contributed by atoms with Crippen molar-refractivity contribution in [1.29, 1.82) is 0 Å². The van der Waals surface area contributed by atoms with Crippen molar-refractivity contribution >= 4 is 43.6 Å². The van der Waals surface area contributed by atoms with Crippen LogP contribution in [0.3, 0.4) is 0 Å². The lowest BCUT2D eigenvalue weighted by atomic mass is 9.87. The van der Waals surface area contributed by atoms with Crippen molar-refractivity contribution in [1.82, 2.24) is 9.13 Å². The average molecular weight is 597 g/mol. The first-order chi connectivity index (χ1) is 22.1. The predicted molar refractivity (Wildman–Crippen MR) is 198 cm³/mol. The van der Waals surface area contributed by atoms with Crippen LogP contribution in [0.2, 0.25) is 0 Å². The van der Waals surface area contributed by atoms with E-state index in [0.717, 1.165) is 0 Å². The molecule has 2 nitrogen and oxygen atoms in total. The maximum Gasteiger partial charge on any atom is 0.0547 e. The van der Waals surface area contributed by atoms with Crippen LogP contribution in [0.4, 0.5) is 0 Å². The SMILES string of the molecule is CC(C)(C)c1ccc(-n2c3ccccc3c3ccc(-c4ccc5c6ccccc6n(-c6cccc(C(C)(C)C)c6)c5c4)cc32)cc1. The number of para-hydroxylation sites is 2. The van der Waals surface area contributed by atoms with Gasteiger partial charge < -0.3 is 9.13 Å². The molecule has 8 aromatic rings. The van der Waals surface area contributed by atoms with Crippen molar-refractivity contribution in [2.24, 2.45) is 0 Å². The fraction of sp³-hybridized carbons (Fsp3) is 0.182. The number of benzene rings is 6. The molecule has 0 fully saturated rings. The number of nitrogens with zero attached hydrogens (tertiary/aromatic N) is 2. The van der Waals surface area contributed by atoms with Crippen molar-refractivity contribution in [2.75, 3.05) is 0 Å². The van der Waals surface area contributed by atoms with E-state index in [1.165, 1.54) is 77.2 Å². The molecule has 0 N–H and O–H groups in total. The maximum atomic E-state index is 2.44. The molecule has 0 aliphatic rings. The van der Waals surface area contributed by atoms with Crippen LogP contribution in [0.25, 0.3) is 66.1 Å². The summed E-state index contributed by atoms with van der Waals surface area (Å²) >= 11 is 0. The van der Waals surface area contributed by atoms with Gasteiger partial charge in [-0.3, -0.25) is 0 Å². The molecular weight excluding hydrogens is 556 g/mol. The van der Waals surface area contributed by atoms with Gasteiger partial charge in [0, 0.05) is 32.9 Å². The molecule has 2 heterocycles. The summed E-state index contributed by atoms with van der Waals surface area (Å²) in [5.74, 6) is 0. The van der Waals surface area contributed by atoms with Crippen LogP contribution in [-0.2, 0) is 10.8 Å². The number of aromatic nitrogens is 2. The molecule has 6 aromatic carbocycles. The van der Waals surface area contributed by atoms with Crippen LogP contribution in [-0.4, -0.2) is 9.13 Å². The molecule has 0 spiro atoms. The first-order valence-corrected chi connectivity index (χ1v) is 16.4. The quantitative estimate of drug-likeness (QED) is 0.192. The summed E-state index contributed by atoms with van der Waals surface area (Å²) in [6.07, 6.45) is 0. The van der Waals surface area contributed by atoms with Gasteiger partial charge in [0.1, 0.15) is 0 Å². The zero-order chi connectivity index (χ0) is 31.8. The lowest BCUT2D eigenvalue weighted by molar-refractivity contribution is 0.590. The van der Waals surface area contributed by atoms with Crippen LogP contribution >= 0.6 is 0 Å². The van der Waals surface area contributed by atoms with Crippen molar-refractivity contribution in [3.8, 4) is 22.5 Å². The second-order valence-corrected chi connectivity index (χ2v) is 14.8. The normalized spacial score (nSPS) is 12.6. The molecule has 0 saturated carbocycles. The zero-order valence-corrected chi connectivity index (χ0v) is 27.6. The van der Waals surface area contributed by atoms with Gasteiger partial charge in [-0.25, -0.2) is 0 Å². The van der Waals surface area contributed by atoms with E-state index in [1.54, 1.807) is 0 Å². The molecule has 8 rings (SSSR count). The predicted octanol–water partition coefficient (Wildman–Crippen LogP) is 12.1. The summed E-state index contributed by atoms with van der Waals surface area (Å²) in [6, 6.07) is 49.6. The smallest absolute Gasteiger partial charge is 0.0547 e. The Morgan fingerprint density at radius 1 is 0.348 bits per heavy atom. The number of hydrogen-bond donors (Lipinski definition) is 0. The highest BCUT2D eigenvalue weighted by atomic mass is 15.0. The van der Waals surface area contributed by atoms with E-state index in [4.69, 9.17) is 0 Å². The van der Waals surface area contributed by atoms with Gasteiger partial charge in [0.05, 0.1) is 22.1 Å². The summed E-state index contributed by atoms with van der Waals surface area (Å²) in [6.45, 7) is 13.7. The zero-order valence-electron chi connectivity index (χ0n) is 27.6. The topological polar surface area (TPSA) is 9.86 Å². The molecule has 0 bridgehead atoms. The minimum atomic E-state index is 0.0703. The van der Waals surface area contributed by atoms with Crippen molar-refractivity contribution in [3.05, 3.63) is 145 Å². The lowest BCUT2D eigenvalue weighted by Gasteiger charge is -2.20. The highest BCUT2D eigenvalue weighted by Crippen LogP contribution is 2.39. The average Bonchev–Trinajstić information content (AvgIpc) is 3.56. The molecule has 0 saturated heterocycles. The third-order valence-electron chi connectivity index (χ3n) is 9.64. The number of fused-ring (bicyclic) bond motifs is 6. The van der Waals surface area contributed by atoms with Crippen LogP contribution in [0.1, 0.15) is 52.7 Å².